The van der Waals surface area contributed by atoms with Gasteiger partial charge in [0.2, 0.25) is 0 Å². The fraction of sp³-hybridized carbons (Fsp3) is 0.0645. The van der Waals surface area contributed by atoms with Crippen molar-refractivity contribution in [1.29, 1.82) is 0 Å². The molecular formula is C31H24ClN3O4. The lowest BCUT2D eigenvalue weighted by Crippen LogP contribution is -2.28. The molecule has 0 bridgehead atoms. The Labute approximate surface area is 229 Å². The van der Waals surface area contributed by atoms with Crippen LogP contribution in [0.3, 0.4) is 0 Å². The molecule has 4 aromatic carbocycles. The number of ether oxygens (including phenoxy) is 1. The first kappa shape index (κ1) is 25.8. The number of aromatic amines is 1. The molecule has 0 atom stereocenters. The first-order valence-electron chi connectivity index (χ1n) is 12.2. The predicted octanol–water partition coefficient (Wildman–Crippen LogP) is 5.85. The zero-order chi connectivity index (χ0) is 27.4. The Balaban J connectivity index is 1.31. The van der Waals surface area contributed by atoms with Crippen LogP contribution in [0, 0.1) is 0 Å². The molecule has 5 rings (SSSR count). The molecule has 0 aliphatic carbocycles. The summed E-state index contributed by atoms with van der Waals surface area (Å²) in [5.41, 5.74) is 3.03. The molecule has 1 heterocycles. The number of nitrogens with one attached hydrogen (secondary N) is 3. The van der Waals surface area contributed by atoms with Crippen LogP contribution in [0.5, 0.6) is 0 Å². The van der Waals surface area contributed by atoms with Crippen molar-refractivity contribution in [1.82, 2.24) is 15.6 Å². The zero-order valence-corrected chi connectivity index (χ0v) is 21.7. The van der Waals surface area contributed by atoms with Gasteiger partial charge >= 0.3 is 5.97 Å². The summed E-state index contributed by atoms with van der Waals surface area (Å²) in [5.74, 6) is -1.65. The van der Waals surface area contributed by atoms with Gasteiger partial charge in [-0.05, 0) is 64.4 Å². The van der Waals surface area contributed by atoms with E-state index in [1.807, 2.05) is 72.9 Å². The summed E-state index contributed by atoms with van der Waals surface area (Å²) >= 11 is 6.39. The summed E-state index contributed by atoms with van der Waals surface area (Å²) < 4.78 is 4.86. The van der Waals surface area contributed by atoms with Crippen LogP contribution in [0.15, 0.2) is 96.8 Å². The van der Waals surface area contributed by atoms with Crippen molar-refractivity contribution in [3.63, 3.8) is 0 Å². The van der Waals surface area contributed by atoms with Crippen LogP contribution >= 0.6 is 11.6 Å². The van der Waals surface area contributed by atoms with Gasteiger partial charge in [-0.2, -0.15) is 0 Å². The highest BCUT2D eigenvalue weighted by atomic mass is 35.5. The van der Waals surface area contributed by atoms with Gasteiger partial charge in [0.15, 0.2) is 0 Å². The smallest absolute Gasteiger partial charge is 0.354 e. The van der Waals surface area contributed by atoms with Crippen molar-refractivity contribution in [2.75, 3.05) is 7.11 Å². The van der Waals surface area contributed by atoms with E-state index in [1.165, 1.54) is 31.4 Å². The normalized spacial score (nSPS) is 11.4. The molecule has 3 N–H and O–H groups in total. The molecule has 8 heteroatoms. The fourth-order valence-corrected chi connectivity index (χ4v) is 4.60. The first-order chi connectivity index (χ1) is 18.9. The van der Waals surface area contributed by atoms with Gasteiger partial charge < -0.3 is 20.4 Å². The van der Waals surface area contributed by atoms with Crippen LogP contribution < -0.4 is 10.6 Å². The molecule has 7 nitrogen and oxygen atoms in total. The van der Waals surface area contributed by atoms with Crippen molar-refractivity contribution < 1.29 is 19.1 Å². The van der Waals surface area contributed by atoms with Crippen LogP contribution in [0.1, 0.15) is 31.8 Å². The van der Waals surface area contributed by atoms with Gasteiger partial charge in [0.05, 0.1) is 17.7 Å². The lowest BCUT2D eigenvalue weighted by molar-refractivity contribution is -0.136. The van der Waals surface area contributed by atoms with Crippen molar-refractivity contribution in [2.45, 2.75) is 6.54 Å². The largest absolute Gasteiger partial charge is 0.464 e. The summed E-state index contributed by atoms with van der Waals surface area (Å²) in [7, 11) is 1.24. The lowest BCUT2D eigenvalue weighted by Gasteiger charge is -2.11. The number of fused-ring (bicyclic) bond motifs is 2. The van der Waals surface area contributed by atoms with Crippen molar-refractivity contribution in [3.05, 3.63) is 124 Å². The monoisotopic (exact) mass is 537 g/mol. The second kappa shape index (κ2) is 11.2. The van der Waals surface area contributed by atoms with Gasteiger partial charge in [0.1, 0.15) is 5.70 Å². The molecule has 0 spiro atoms. The third-order valence-corrected chi connectivity index (χ3v) is 6.65. The summed E-state index contributed by atoms with van der Waals surface area (Å²) in [4.78, 5) is 41.4. The van der Waals surface area contributed by atoms with Gasteiger partial charge in [-0.3, -0.25) is 9.59 Å². The molecule has 0 fully saturated rings. The number of rotatable bonds is 7. The first-order valence-corrected chi connectivity index (χ1v) is 12.5. The van der Waals surface area contributed by atoms with Crippen LogP contribution in [-0.4, -0.2) is 29.9 Å². The number of carbonyl (C=O) groups is 3. The summed E-state index contributed by atoms with van der Waals surface area (Å²) in [5, 5.41) is 8.62. The maximum atomic E-state index is 13.0. The maximum Gasteiger partial charge on any atom is 0.354 e. The number of benzene rings is 4. The Morgan fingerprint density at radius 3 is 2.51 bits per heavy atom. The van der Waals surface area contributed by atoms with E-state index < -0.39 is 11.9 Å². The van der Waals surface area contributed by atoms with Gasteiger partial charge in [-0.1, -0.05) is 60.1 Å². The van der Waals surface area contributed by atoms with E-state index >= 15 is 0 Å². The summed E-state index contributed by atoms with van der Waals surface area (Å²) in [6.45, 7) is 0.329. The van der Waals surface area contributed by atoms with E-state index in [0.717, 1.165) is 27.2 Å². The molecule has 0 saturated carbocycles. The summed E-state index contributed by atoms with van der Waals surface area (Å²) in [6.07, 6.45) is 3.39. The SMILES string of the molecule is COC(=O)/C(=C/c1ccc2ccccc2c1)NC(=O)c1ccc(C(=O)NCc2cccc3[nH]ccc23)cc1Cl. The molecule has 5 aromatic rings. The Bertz CT molecular complexity index is 1760. The maximum absolute atomic E-state index is 13.0. The molecule has 2 amide bonds. The van der Waals surface area contributed by atoms with Crippen LogP contribution in [0.2, 0.25) is 5.02 Å². The minimum atomic E-state index is -0.707. The molecule has 1 aromatic heterocycles. The van der Waals surface area contributed by atoms with Crippen LogP contribution in [0.25, 0.3) is 27.8 Å². The van der Waals surface area contributed by atoms with E-state index in [1.54, 1.807) is 0 Å². The third kappa shape index (κ3) is 5.68. The highest BCUT2D eigenvalue weighted by Crippen LogP contribution is 2.21. The number of hydrogen-bond acceptors (Lipinski definition) is 4. The molecule has 39 heavy (non-hydrogen) atoms. The Hall–Kier alpha value is -4.88. The second-order valence-electron chi connectivity index (χ2n) is 8.84. The van der Waals surface area contributed by atoms with Crippen LogP contribution in [-0.2, 0) is 16.1 Å². The Kier molecular flexibility index (Phi) is 7.43. The predicted molar refractivity (Wildman–Crippen MR) is 152 cm³/mol. The van der Waals surface area contributed by atoms with E-state index in [-0.39, 0.29) is 22.2 Å². The van der Waals surface area contributed by atoms with E-state index in [2.05, 4.69) is 15.6 Å². The lowest BCUT2D eigenvalue weighted by atomic mass is 10.1. The van der Waals surface area contributed by atoms with Crippen molar-refractivity contribution in [3.8, 4) is 0 Å². The molecular weight excluding hydrogens is 514 g/mol. The standard InChI is InChI=1S/C31H24ClN3O4/c1-39-31(38)28(16-19-9-10-20-5-2-3-6-21(20)15-19)35-30(37)25-12-11-22(17-26(25)32)29(36)34-18-23-7-4-8-27-24(23)13-14-33-27/h2-17,33H,18H2,1H3,(H,34,36)(H,35,37)/b28-16-. The highest BCUT2D eigenvalue weighted by molar-refractivity contribution is 6.34. The molecule has 0 radical (unpaired) electrons. The Morgan fingerprint density at radius 1 is 0.897 bits per heavy atom. The number of amides is 2. The van der Waals surface area contributed by atoms with Crippen LogP contribution in [0.4, 0.5) is 0 Å². The highest BCUT2D eigenvalue weighted by Gasteiger charge is 2.19. The second-order valence-corrected chi connectivity index (χ2v) is 9.25. The molecule has 194 valence electrons. The van der Waals surface area contributed by atoms with Crippen molar-refractivity contribution >= 4 is 57.1 Å². The molecule has 0 aliphatic rings. The van der Waals surface area contributed by atoms with Gasteiger partial charge in [-0.25, -0.2) is 4.79 Å². The van der Waals surface area contributed by atoms with Gasteiger partial charge in [0.25, 0.3) is 11.8 Å². The van der Waals surface area contributed by atoms with Crippen molar-refractivity contribution in [2.24, 2.45) is 0 Å². The average molecular weight is 538 g/mol. The van der Waals surface area contributed by atoms with Gasteiger partial charge in [-0.15, -0.1) is 0 Å². The topological polar surface area (TPSA) is 100 Å². The number of hydrogen-bond donors (Lipinski definition) is 3. The number of H-pyrrole nitrogens is 1. The minimum absolute atomic E-state index is 0.0467. The number of halogens is 1. The molecule has 0 unspecified atom stereocenters. The third-order valence-electron chi connectivity index (χ3n) is 6.34. The minimum Gasteiger partial charge on any atom is -0.464 e. The van der Waals surface area contributed by atoms with Gasteiger partial charge in [0, 0.05) is 29.2 Å². The van der Waals surface area contributed by atoms with E-state index in [0.29, 0.717) is 17.7 Å². The molecule has 0 aliphatic heterocycles. The number of esters is 1. The number of carbonyl (C=O) groups excluding carboxylic acids is 3. The number of methoxy groups -OCH3 is 1. The average Bonchev–Trinajstić information content (AvgIpc) is 3.44. The molecule has 0 saturated heterocycles. The van der Waals surface area contributed by atoms with E-state index in [9.17, 15) is 14.4 Å². The zero-order valence-electron chi connectivity index (χ0n) is 21.0. The Morgan fingerprint density at radius 2 is 1.72 bits per heavy atom. The van der Waals surface area contributed by atoms with E-state index in [4.69, 9.17) is 16.3 Å². The number of aromatic nitrogens is 1. The fourth-order valence-electron chi connectivity index (χ4n) is 4.33. The summed E-state index contributed by atoms with van der Waals surface area (Å²) in [6, 6.07) is 25.7. The quantitative estimate of drug-likeness (QED) is 0.179.